The Hall–Kier alpha value is -0.0100. The Morgan fingerprint density at radius 2 is 2.24 bits per heavy atom. The third-order valence-electron chi connectivity index (χ3n) is 4.21. The molecule has 17 heavy (non-hydrogen) atoms. The molecular formula is C15H23ClS. The van der Waals surface area contributed by atoms with E-state index in [1.165, 1.54) is 37.0 Å². The molecule has 0 nitrogen and oxygen atoms in total. The summed E-state index contributed by atoms with van der Waals surface area (Å²) in [5, 5.41) is 2.59. The van der Waals surface area contributed by atoms with Crippen LogP contribution in [0.15, 0.2) is 17.5 Å². The number of aryl methyl sites for hydroxylation is 1. The first kappa shape index (κ1) is 13.4. The second kappa shape index (κ2) is 6.24. The first-order valence-corrected chi connectivity index (χ1v) is 8.15. The van der Waals surface area contributed by atoms with E-state index in [9.17, 15) is 0 Å². The van der Waals surface area contributed by atoms with E-state index in [1.807, 2.05) is 11.3 Å². The average molecular weight is 271 g/mol. The van der Waals surface area contributed by atoms with E-state index in [0.29, 0.717) is 5.38 Å². The molecule has 0 spiro atoms. The van der Waals surface area contributed by atoms with Crippen molar-refractivity contribution in [1.82, 2.24) is 0 Å². The highest BCUT2D eigenvalue weighted by molar-refractivity contribution is 7.09. The van der Waals surface area contributed by atoms with Crippen molar-refractivity contribution in [3.63, 3.8) is 0 Å². The first-order chi connectivity index (χ1) is 8.16. The summed E-state index contributed by atoms with van der Waals surface area (Å²) >= 11 is 8.37. The van der Waals surface area contributed by atoms with Gasteiger partial charge in [-0.2, -0.15) is 0 Å². The van der Waals surface area contributed by atoms with Crippen LogP contribution in [-0.4, -0.2) is 5.38 Å². The number of hydrogen-bond acceptors (Lipinski definition) is 1. The molecule has 0 aliphatic heterocycles. The van der Waals surface area contributed by atoms with E-state index in [-0.39, 0.29) is 0 Å². The van der Waals surface area contributed by atoms with Crippen LogP contribution in [0.3, 0.4) is 0 Å². The number of thiophene rings is 1. The lowest BCUT2D eigenvalue weighted by molar-refractivity contribution is 0.211. The van der Waals surface area contributed by atoms with Crippen LogP contribution < -0.4 is 0 Å². The van der Waals surface area contributed by atoms with Gasteiger partial charge in [0.2, 0.25) is 0 Å². The molecule has 0 bridgehead atoms. The van der Waals surface area contributed by atoms with Crippen LogP contribution in [-0.2, 0) is 6.42 Å². The molecular weight excluding hydrogens is 248 g/mol. The number of halogens is 1. The standard InChI is InChI=1S/C15H23ClS/c1-11(2)12-6-8-15(16)13(10-12)5-7-14-4-3-9-17-14/h3-4,9,11-13,15H,5-8,10H2,1-2H3. The maximum atomic E-state index is 6.50. The highest BCUT2D eigenvalue weighted by Crippen LogP contribution is 2.38. The quantitative estimate of drug-likeness (QED) is 0.646. The SMILES string of the molecule is CC(C)C1CCC(Cl)C(CCc2cccs2)C1. The Labute approximate surface area is 114 Å². The molecule has 1 saturated carbocycles. The molecule has 0 saturated heterocycles. The van der Waals surface area contributed by atoms with Crippen molar-refractivity contribution in [1.29, 1.82) is 0 Å². The van der Waals surface area contributed by atoms with Crippen molar-refractivity contribution in [3.8, 4) is 0 Å². The third-order valence-corrected chi connectivity index (χ3v) is 5.73. The summed E-state index contributed by atoms with van der Waals surface area (Å²) < 4.78 is 0. The zero-order valence-corrected chi connectivity index (χ0v) is 12.4. The number of rotatable bonds is 4. The van der Waals surface area contributed by atoms with E-state index in [1.54, 1.807) is 0 Å². The minimum Gasteiger partial charge on any atom is -0.149 e. The molecule has 1 aromatic heterocycles. The van der Waals surface area contributed by atoms with Crippen LogP contribution in [0.1, 0.15) is 44.4 Å². The summed E-state index contributed by atoms with van der Waals surface area (Å²) in [6.07, 6.45) is 6.40. The Balaban J connectivity index is 1.85. The Bertz CT molecular complexity index is 318. The molecule has 1 fully saturated rings. The summed E-state index contributed by atoms with van der Waals surface area (Å²) in [7, 11) is 0. The third kappa shape index (κ3) is 3.72. The van der Waals surface area contributed by atoms with Gasteiger partial charge >= 0.3 is 0 Å². The molecule has 0 N–H and O–H groups in total. The molecule has 1 aliphatic carbocycles. The molecule has 1 aliphatic rings. The van der Waals surface area contributed by atoms with Gasteiger partial charge in [0, 0.05) is 10.3 Å². The lowest BCUT2D eigenvalue weighted by Gasteiger charge is -2.35. The Morgan fingerprint density at radius 3 is 2.88 bits per heavy atom. The van der Waals surface area contributed by atoms with Crippen LogP contribution >= 0.6 is 22.9 Å². The number of alkyl halides is 1. The van der Waals surface area contributed by atoms with E-state index >= 15 is 0 Å². The Morgan fingerprint density at radius 1 is 1.41 bits per heavy atom. The second-order valence-electron chi connectivity index (χ2n) is 5.71. The molecule has 0 amide bonds. The lowest BCUT2D eigenvalue weighted by atomic mass is 9.74. The predicted molar refractivity (Wildman–Crippen MR) is 78.0 cm³/mol. The van der Waals surface area contributed by atoms with Crippen molar-refractivity contribution >= 4 is 22.9 Å². The molecule has 2 rings (SSSR count). The molecule has 1 aromatic rings. The maximum Gasteiger partial charge on any atom is 0.0364 e. The van der Waals surface area contributed by atoms with Gasteiger partial charge in [0.25, 0.3) is 0 Å². The van der Waals surface area contributed by atoms with Gasteiger partial charge in [-0.25, -0.2) is 0 Å². The van der Waals surface area contributed by atoms with Gasteiger partial charge in [-0.3, -0.25) is 0 Å². The fraction of sp³-hybridized carbons (Fsp3) is 0.733. The molecule has 1 heterocycles. The molecule has 0 radical (unpaired) electrons. The van der Waals surface area contributed by atoms with Crippen molar-refractivity contribution in [2.24, 2.45) is 17.8 Å². The van der Waals surface area contributed by atoms with Crippen LogP contribution in [0.2, 0.25) is 0 Å². The van der Waals surface area contributed by atoms with E-state index in [4.69, 9.17) is 11.6 Å². The monoisotopic (exact) mass is 270 g/mol. The van der Waals surface area contributed by atoms with Crippen molar-refractivity contribution in [2.75, 3.05) is 0 Å². The summed E-state index contributed by atoms with van der Waals surface area (Å²) in [5.41, 5.74) is 0. The van der Waals surface area contributed by atoms with E-state index in [0.717, 1.165) is 17.8 Å². The topological polar surface area (TPSA) is 0 Å². The first-order valence-electron chi connectivity index (χ1n) is 6.83. The lowest BCUT2D eigenvalue weighted by Crippen LogP contribution is -2.28. The van der Waals surface area contributed by atoms with Gasteiger partial charge in [0.1, 0.15) is 0 Å². The number of hydrogen-bond donors (Lipinski definition) is 0. The van der Waals surface area contributed by atoms with Crippen LogP contribution in [0.25, 0.3) is 0 Å². The summed E-state index contributed by atoms with van der Waals surface area (Å²) in [4.78, 5) is 1.51. The zero-order valence-electron chi connectivity index (χ0n) is 10.9. The van der Waals surface area contributed by atoms with Gasteiger partial charge in [-0.1, -0.05) is 19.9 Å². The molecule has 2 heteroatoms. The fourth-order valence-electron chi connectivity index (χ4n) is 2.95. The Kier molecular flexibility index (Phi) is 4.93. The molecule has 0 aromatic carbocycles. The smallest absolute Gasteiger partial charge is 0.0364 e. The predicted octanol–water partition coefficient (Wildman–Crippen LogP) is 5.36. The highest BCUT2D eigenvalue weighted by atomic mass is 35.5. The van der Waals surface area contributed by atoms with E-state index < -0.39 is 0 Å². The largest absolute Gasteiger partial charge is 0.149 e. The van der Waals surface area contributed by atoms with Crippen molar-refractivity contribution in [3.05, 3.63) is 22.4 Å². The van der Waals surface area contributed by atoms with Crippen molar-refractivity contribution < 1.29 is 0 Å². The van der Waals surface area contributed by atoms with Crippen LogP contribution in [0.4, 0.5) is 0 Å². The molecule has 96 valence electrons. The van der Waals surface area contributed by atoms with Gasteiger partial charge in [-0.05, 0) is 61.3 Å². The maximum absolute atomic E-state index is 6.50. The summed E-state index contributed by atoms with van der Waals surface area (Å²) in [6.45, 7) is 4.71. The van der Waals surface area contributed by atoms with E-state index in [2.05, 4.69) is 31.4 Å². The normalized spacial score (nSPS) is 29.8. The minimum atomic E-state index is 0.421. The fourth-order valence-corrected chi connectivity index (χ4v) is 4.03. The zero-order chi connectivity index (χ0) is 12.3. The molecule has 3 atom stereocenters. The average Bonchev–Trinajstić information content (AvgIpc) is 2.80. The second-order valence-corrected chi connectivity index (χ2v) is 7.30. The molecule has 3 unspecified atom stereocenters. The summed E-state index contributed by atoms with van der Waals surface area (Å²) in [6, 6.07) is 4.40. The minimum absolute atomic E-state index is 0.421. The van der Waals surface area contributed by atoms with Gasteiger partial charge in [0.15, 0.2) is 0 Å². The van der Waals surface area contributed by atoms with Gasteiger partial charge in [-0.15, -0.1) is 22.9 Å². The van der Waals surface area contributed by atoms with Crippen LogP contribution in [0, 0.1) is 17.8 Å². The summed E-state index contributed by atoms with van der Waals surface area (Å²) in [5.74, 6) is 2.46. The van der Waals surface area contributed by atoms with Crippen molar-refractivity contribution in [2.45, 2.75) is 51.3 Å². The highest BCUT2D eigenvalue weighted by Gasteiger charge is 2.30. The van der Waals surface area contributed by atoms with Gasteiger partial charge in [0.05, 0.1) is 0 Å². The van der Waals surface area contributed by atoms with Crippen LogP contribution in [0.5, 0.6) is 0 Å². The van der Waals surface area contributed by atoms with Gasteiger partial charge < -0.3 is 0 Å².